The lowest BCUT2D eigenvalue weighted by atomic mass is 9.66. The maximum atomic E-state index is 2.55. The van der Waals surface area contributed by atoms with Gasteiger partial charge in [-0.2, -0.15) is 0 Å². The molecule has 0 aliphatic heterocycles. The standard InChI is InChI=1S/C71H49N/c1-69(2)59-32-14-9-25-52(59)56-44-43-50(45-65(56)69)72(66-38-20-37-64-67(66)58-29-13-18-36-63(58)71(64)61-34-16-10-26-53(61)54-27-11-17-35-62(54)71)49-41-39-46(40-42-49)51-30-19-31-57-55-28-12-15-33-60(55)70(68(51)57,47-21-5-3-6-22-47)48-23-7-4-8-24-48/h3-45H,1-2H3. The van der Waals surface area contributed by atoms with Crippen molar-refractivity contribution in [2.45, 2.75) is 30.1 Å². The lowest BCUT2D eigenvalue weighted by Crippen LogP contribution is -2.29. The Hall–Kier alpha value is -8.78. The molecular formula is C71H49N. The second kappa shape index (κ2) is 15.1. The quantitative estimate of drug-likeness (QED) is 0.161. The van der Waals surface area contributed by atoms with Crippen molar-refractivity contribution in [1.29, 1.82) is 0 Å². The summed E-state index contributed by atoms with van der Waals surface area (Å²) in [5.41, 5.74) is 28.4. The van der Waals surface area contributed by atoms with Gasteiger partial charge in [0.1, 0.15) is 0 Å². The molecule has 0 amide bonds. The third-order valence-corrected chi connectivity index (χ3v) is 17.0. The number of fused-ring (bicyclic) bond motifs is 16. The monoisotopic (exact) mass is 915 g/mol. The van der Waals surface area contributed by atoms with Crippen molar-refractivity contribution in [3.05, 3.63) is 316 Å². The summed E-state index contributed by atoms with van der Waals surface area (Å²) < 4.78 is 0. The molecule has 4 aliphatic carbocycles. The molecule has 0 N–H and O–H groups in total. The molecule has 0 saturated carbocycles. The zero-order valence-electron chi connectivity index (χ0n) is 40.3. The lowest BCUT2D eigenvalue weighted by molar-refractivity contribution is 0.660. The molecule has 0 heterocycles. The van der Waals surface area contributed by atoms with E-state index < -0.39 is 10.8 Å². The van der Waals surface area contributed by atoms with Crippen LogP contribution >= 0.6 is 0 Å². The van der Waals surface area contributed by atoms with Crippen LogP contribution in [0.25, 0.3) is 55.6 Å². The van der Waals surface area contributed by atoms with Gasteiger partial charge in [0.25, 0.3) is 0 Å². The summed E-state index contributed by atoms with van der Waals surface area (Å²) in [6.45, 7) is 4.77. The highest BCUT2D eigenvalue weighted by molar-refractivity contribution is 6.02. The molecule has 4 aliphatic rings. The molecule has 0 aromatic heterocycles. The van der Waals surface area contributed by atoms with Crippen molar-refractivity contribution in [2.75, 3.05) is 4.90 Å². The predicted octanol–water partition coefficient (Wildman–Crippen LogP) is 17.8. The highest BCUT2D eigenvalue weighted by Gasteiger charge is 2.53. The Balaban J connectivity index is 0.965. The molecule has 11 aromatic carbocycles. The first-order valence-electron chi connectivity index (χ1n) is 25.4. The summed E-state index contributed by atoms with van der Waals surface area (Å²) in [5, 5.41) is 0. The molecule has 0 radical (unpaired) electrons. The second-order valence-corrected chi connectivity index (χ2v) is 20.6. The van der Waals surface area contributed by atoms with Crippen LogP contribution in [0.2, 0.25) is 0 Å². The van der Waals surface area contributed by atoms with E-state index in [1.54, 1.807) is 0 Å². The lowest BCUT2D eigenvalue weighted by Gasteiger charge is -2.35. The number of hydrogen-bond acceptors (Lipinski definition) is 1. The van der Waals surface area contributed by atoms with E-state index in [-0.39, 0.29) is 5.41 Å². The van der Waals surface area contributed by atoms with Gasteiger partial charge < -0.3 is 4.90 Å². The first kappa shape index (κ1) is 41.0. The fraction of sp³-hybridized carbons (Fsp3) is 0.0704. The molecule has 0 unspecified atom stereocenters. The molecule has 1 heteroatoms. The average Bonchev–Trinajstić information content (AvgIpc) is 4.12. The summed E-state index contributed by atoms with van der Waals surface area (Å²) in [5.74, 6) is 0. The van der Waals surface area contributed by atoms with Gasteiger partial charge in [0.15, 0.2) is 0 Å². The van der Waals surface area contributed by atoms with E-state index in [4.69, 9.17) is 0 Å². The van der Waals surface area contributed by atoms with E-state index in [0.717, 1.165) is 11.4 Å². The molecule has 338 valence electrons. The molecule has 0 atom stereocenters. The number of anilines is 3. The Morgan fingerprint density at radius 1 is 0.278 bits per heavy atom. The minimum atomic E-state index is -0.518. The van der Waals surface area contributed by atoms with E-state index in [1.807, 2.05) is 0 Å². The summed E-state index contributed by atoms with van der Waals surface area (Å²) in [6, 6.07) is 98.4. The van der Waals surface area contributed by atoms with Gasteiger partial charge >= 0.3 is 0 Å². The number of rotatable bonds is 6. The third kappa shape index (κ3) is 5.27. The van der Waals surface area contributed by atoms with Crippen LogP contribution in [0.15, 0.2) is 261 Å². The molecule has 0 saturated heterocycles. The Bertz CT molecular complexity index is 3920. The topological polar surface area (TPSA) is 3.24 Å². The maximum Gasteiger partial charge on any atom is 0.0726 e. The van der Waals surface area contributed by atoms with Gasteiger partial charge in [-0.25, -0.2) is 0 Å². The number of benzene rings is 11. The molecule has 72 heavy (non-hydrogen) atoms. The Labute approximate surface area is 422 Å². The Morgan fingerprint density at radius 2 is 0.694 bits per heavy atom. The number of nitrogens with zero attached hydrogens (tertiary/aromatic N) is 1. The Morgan fingerprint density at radius 3 is 1.31 bits per heavy atom. The zero-order chi connectivity index (χ0) is 47.8. The minimum absolute atomic E-state index is 0.167. The van der Waals surface area contributed by atoms with Gasteiger partial charge in [-0.1, -0.05) is 244 Å². The number of hydrogen-bond donors (Lipinski definition) is 0. The van der Waals surface area contributed by atoms with Crippen LogP contribution in [0, 0.1) is 0 Å². The summed E-state index contributed by atoms with van der Waals surface area (Å²) >= 11 is 0. The van der Waals surface area contributed by atoms with E-state index in [0.29, 0.717) is 0 Å². The van der Waals surface area contributed by atoms with E-state index in [2.05, 4.69) is 280 Å². The van der Waals surface area contributed by atoms with Gasteiger partial charge in [0, 0.05) is 22.4 Å². The van der Waals surface area contributed by atoms with Gasteiger partial charge in [-0.15, -0.1) is 0 Å². The van der Waals surface area contributed by atoms with Crippen LogP contribution in [-0.4, -0.2) is 0 Å². The maximum absolute atomic E-state index is 2.55. The largest absolute Gasteiger partial charge is 0.310 e. The van der Waals surface area contributed by atoms with Crippen LogP contribution in [0.1, 0.15) is 69.5 Å². The van der Waals surface area contributed by atoms with Crippen molar-refractivity contribution >= 4 is 17.1 Å². The molecule has 11 aromatic rings. The van der Waals surface area contributed by atoms with Crippen molar-refractivity contribution in [3.8, 4) is 55.6 Å². The van der Waals surface area contributed by atoms with Crippen LogP contribution in [0.3, 0.4) is 0 Å². The summed E-state index contributed by atoms with van der Waals surface area (Å²) in [4.78, 5) is 2.55. The van der Waals surface area contributed by atoms with Crippen LogP contribution in [0.5, 0.6) is 0 Å². The van der Waals surface area contributed by atoms with E-state index >= 15 is 0 Å². The molecule has 15 rings (SSSR count). The Kier molecular flexibility index (Phi) is 8.62. The van der Waals surface area contributed by atoms with Gasteiger partial charge in [0.2, 0.25) is 0 Å². The molecule has 0 bridgehead atoms. The van der Waals surface area contributed by atoms with Crippen molar-refractivity contribution < 1.29 is 0 Å². The second-order valence-electron chi connectivity index (χ2n) is 20.6. The highest BCUT2D eigenvalue weighted by Crippen LogP contribution is 2.65. The first-order valence-corrected chi connectivity index (χ1v) is 25.4. The van der Waals surface area contributed by atoms with Gasteiger partial charge in [-0.3, -0.25) is 0 Å². The fourth-order valence-electron chi connectivity index (χ4n) is 14.1. The van der Waals surface area contributed by atoms with E-state index in [1.165, 1.54) is 117 Å². The average molecular weight is 916 g/mol. The molecule has 1 spiro atoms. The predicted molar refractivity (Wildman–Crippen MR) is 298 cm³/mol. The normalized spacial score (nSPS) is 14.9. The summed E-state index contributed by atoms with van der Waals surface area (Å²) in [6.07, 6.45) is 0. The minimum Gasteiger partial charge on any atom is -0.310 e. The third-order valence-electron chi connectivity index (χ3n) is 17.0. The first-order chi connectivity index (χ1) is 35.5. The van der Waals surface area contributed by atoms with Crippen LogP contribution < -0.4 is 4.90 Å². The molecule has 0 fully saturated rings. The highest BCUT2D eigenvalue weighted by atomic mass is 15.1. The zero-order valence-corrected chi connectivity index (χ0v) is 40.3. The van der Waals surface area contributed by atoms with Gasteiger partial charge in [-0.05, 0) is 136 Å². The summed E-state index contributed by atoms with van der Waals surface area (Å²) in [7, 11) is 0. The fourth-order valence-corrected chi connectivity index (χ4v) is 14.1. The van der Waals surface area contributed by atoms with Gasteiger partial charge in [0.05, 0.1) is 16.5 Å². The van der Waals surface area contributed by atoms with Crippen LogP contribution in [0.4, 0.5) is 17.1 Å². The molecular weight excluding hydrogens is 867 g/mol. The van der Waals surface area contributed by atoms with Crippen LogP contribution in [-0.2, 0) is 16.2 Å². The van der Waals surface area contributed by atoms with Crippen molar-refractivity contribution in [2.24, 2.45) is 0 Å². The smallest absolute Gasteiger partial charge is 0.0726 e. The SMILES string of the molecule is CC1(C)c2ccccc2-c2ccc(N(c3ccc(-c4cccc5c4C(c4ccccc4)(c4ccccc4)c4ccccc4-5)cc3)c3cccc4c3-c3ccccc3C43c4ccccc4-c4ccccc43)cc21. The van der Waals surface area contributed by atoms with Crippen molar-refractivity contribution in [3.63, 3.8) is 0 Å². The van der Waals surface area contributed by atoms with Crippen molar-refractivity contribution in [1.82, 2.24) is 0 Å². The molecule has 1 nitrogen and oxygen atoms in total. The van der Waals surface area contributed by atoms with E-state index in [9.17, 15) is 0 Å².